The number of ether oxygens (including phenoxy) is 1. The molecule has 6 heteroatoms. The Morgan fingerprint density at radius 1 is 1.30 bits per heavy atom. The summed E-state index contributed by atoms with van der Waals surface area (Å²) < 4.78 is 5.47. The van der Waals surface area contributed by atoms with E-state index in [9.17, 15) is 9.59 Å². The Hall–Kier alpha value is -1.59. The van der Waals surface area contributed by atoms with Crippen molar-refractivity contribution in [2.24, 2.45) is 11.8 Å². The van der Waals surface area contributed by atoms with Crippen molar-refractivity contribution in [2.45, 2.75) is 24.7 Å². The summed E-state index contributed by atoms with van der Waals surface area (Å²) in [7, 11) is 0. The molecule has 0 bridgehead atoms. The minimum absolute atomic E-state index is 0.162. The highest BCUT2D eigenvalue weighted by molar-refractivity contribution is 6.30. The first-order valence-electron chi connectivity index (χ1n) is 7.86. The number of carboxylic acids is 1. The number of nitrogens with one attached hydrogen (secondary N) is 1. The van der Waals surface area contributed by atoms with Crippen molar-refractivity contribution in [1.29, 1.82) is 0 Å². The monoisotopic (exact) mass is 337 g/mol. The second-order valence-corrected chi connectivity index (χ2v) is 6.84. The summed E-state index contributed by atoms with van der Waals surface area (Å²) in [6, 6.07) is 7.72. The van der Waals surface area contributed by atoms with Gasteiger partial charge in [-0.15, -0.1) is 0 Å². The van der Waals surface area contributed by atoms with E-state index in [-0.39, 0.29) is 17.2 Å². The Bertz CT molecular complexity index is 612. The number of carbonyl (C=O) groups is 2. The quantitative estimate of drug-likeness (QED) is 0.864. The third-order valence-electron chi connectivity index (χ3n) is 4.93. The molecule has 1 aromatic carbocycles. The zero-order valence-electron chi connectivity index (χ0n) is 12.8. The minimum atomic E-state index is -0.888. The molecule has 2 N–H and O–H groups in total. The molecule has 1 saturated carbocycles. The largest absolute Gasteiger partial charge is 0.481 e. The maximum absolute atomic E-state index is 12.2. The predicted octanol–water partition coefficient (Wildman–Crippen LogP) is 2.23. The summed E-state index contributed by atoms with van der Waals surface area (Å²) in [5, 5.41) is 12.6. The summed E-state index contributed by atoms with van der Waals surface area (Å²) in [5.41, 5.74) is 0.895. The summed E-state index contributed by atoms with van der Waals surface area (Å²) in [6.07, 6.45) is 2.05. The maximum atomic E-state index is 12.2. The smallest absolute Gasteiger partial charge is 0.307 e. The molecular formula is C17H20ClNO4. The molecule has 2 fully saturated rings. The normalized spacial score (nSPS) is 25.6. The molecule has 0 aromatic heterocycles. The first kappa shape index (κ1) is 16.3. The Kier molecular flexibility index (Phi) is 4.60. The number of hydrogen-bond acceptors (Lipinski definition) is 3. The van der Waals surface area contributed by atoms with E-state index in [0.29, 0.717) is 31.2 Å². The van der Waals surface area contributed by atoms with Crippen molar-refractivity contribution in [1.82, 2.24) is 5.32 Å². The van der Waals surface area contributed by atoms with Crippen molar-refractivity contribution in [3.8, 4) is 0 Å². The van der Waals surface area contributed by atoms with Crippen LogP contribution in [-0.2, 0) is 19.7 Å². The molecule has 1 saturated heterocycles. The van der Waals surface area contributed by atoms with Crippen LogP contribution < -0.4 is 5.32 Å². The van der Waals surface area contributed by atoms with Crippen molar-refractivity contribution < 1.29 is 19.4 Å². The lowest BCUT2D eigenvalue weighted by atomic mass is 9.74. The predicted molar refractivity (Wildman–Crippen MR) is 85.4 cm³/mol. The average molecular weight is 338 g/mol. The van der Waals surface area contributed by atoms with Crippen LogP contribution in [0.25, 0.3) is 0 Å². The Morgan fingerprint density at radius 2 is 2.04 bits per heavy atom. The highest BCUT2D eigenvalue weighted by Crippen LogP contribution is 2.40. The minimum Gasteiger partial charge on any atom is -0.481 e. The van der Waals surface area contributed by atoms with Crippen LogP contribution in [0, 0.1) is 11.8 Å². The van der Waals surface area contributed by atoms with Crippen molar-refractivity contribution in [2.75, 3.05) is 19.8 Å². The number of rotatable bonds is 5. The molecule has 1 heterocycles. The van der Waals surface area contributed by atoms with Crippen LogP contribution in [0.3, 0.4) is 0 Å². The molecule has 2 aliphatic rings. The number of hydrogen-bond donors (Lipinski definition) is 2. The van der Waals surface area contributed by atoms with Gasteiger partial charge in [-0.3, -0.25) is 9.59 Å². The van der Waals surface area contributed by atoms with Crippen LogP contribution in [0.15, 0.2) is 24.3 Å². The van der Waals surface area contributed by atoms with E-state index in [1.54, 1.807) is 0 Å². The van der Waals surface area contributed by atoms with Crippen LogP contribution in [-0.4, -0.2) is 36.7 Å². The molecular weight excluding hydrogens is 318 g/mol. The van der Waals surface area contributed by atoms with Crippen LogP contribution in [0.2, 0.25) is 5.02 Å². The second-order valence-electron chi connectivity index (χ2n) is 6.41. The number of benzene rings is 1. The molecule has 23 heavy (non-hydrogen) atoms. The number of halogens is 1. The van der Waals surface area contributed by atoms with Crippen LogP contribution in [0.1, 0.15) is 24.8 Å². The van der Waals surface area contributed by atoms with Crippen LogP contribution in [0.4, 0.5) is 0 Å². The summed E-state index contributed by atoms with van der Waals surface area (Å²) in [5.74, 6) is -1.96. The zero-order chi connectivity index (χ0) is 16.4. The molecule has 1 aliphatic carbocycles. The Labute approximate surface area is 140 Å². The van der Waals surface area contributed by atoms with E-state index in [2.05, 4.69) is 5.32 Å². The fraction of sp³-hybridized carbons (Fsp3) is 0.529. The standard InChI is InChI=1S/C17H20ClNO4/c18-12-3-1-2-11(8-12)17(4-6-23-7-5-17)10-19-15(20)13-9-14(13)16(21)22/h1-3,8,13-14H,4-7,9-10H2,(H,19,20)(H,21,22). The highest BCUT2D eigenvalue weighted by Gasteiger charge is 2.48. The van der Waals surface area contributed by atoms with Gasteiger partial charge in [0, 0.05) is 30.2 Å². The third-order valence-corrected chi connectivity index (χ3v) is 5.17. The molecule has 3 rings (SSSR count). The Morgan fingerprint density at radius 3 is 2.65 bits per heavy atom. The summed E-state index contributed by atoms with van der Waals surface area (Å²) in [4.78, 5) is 23.1. The lowest BCUT2D eigenvalue weighted by Gasteiger charge is -2.38. The molecule has 1 aliphatic heterocycles. The van der Waals surface area contributed by atoms with E-state index in [0.717, 1.165) is 18.4 Å². The first-order valence-corrected chi connectivity index (χ1v) is 8.24. The van der Waals surface area contributed by atoms with Gasteiger partial charge in [-0.05, 0) is 37.0 Å². The Balaban J connectivity index is 1.70. The molecule has 0 spiro atoms. The molecule has 5 nitrogen and oxygen atoms in total. The van der Waals surface area contributed by atoms with Gasteiger partial charge in [0.1, 0.15) is 0 Å². The van der Waals surface area contributed by atoms with Gasteiger partial charge in [0.15, 0.2) is 0 Å². The van der Waals surface area contributed by atoms with Crippen molar-refractivity contribution in [3.63, 3.8) is 0 Å². The molecule has 0 radical (unpaired) electrons. The van der Waals surface area contributed by atoms with E-state index >= 15 is 0 Å². The van der Waals surface area contributed by atoms with Gasteiger partial charge in [0.2, 0.25) is 5.91 Å². The zero-order valence-corrected chi connectivity index (χ0v) is 13.5. The van der Waals surface area contributed by atoms with Crippen LogP contribution >= 0.6 is 11.6 Å². The molecule has 1 aromatic rings. The third kappa shape index (κ3) is 3.51. The van der Waals surface area contributed by atoms with Gasteiger partial charge >= 0.3 is 5.97 Å². The van der Waals surface area contributed by atoms with Gasteiger partial charge in [-0.2, -0.15) is 0 Å². The van der Waals surface area contributed by atoms with E-state index in [4.69, 9.17) is 21.4 Å². The van der Waals surface area contributed by atoms with Gasteiger partial charge in [-0.1, -0.05) is 23.7 Å². The van der Waals surface area contributed by atoms with Crippen molar-refractivity contribution in [3.05, 3.63) is 34.9 Å². The topological polar surface area (TPSA) is 75.6 Å². The second kappa shape index (κ2) is 6.49. The van der Waals surface area contributed by atoms with E-state index in [1.807, 2.05) is 24.3 Å². The summed E-state index contributed by atoms with van der Waals surface area (Å²) in [6.45, 7) is 1.77. The lowest BCUT2D eigenvalue weighted by Crippen LogP contribution is -2.45. The SMILES string of the molecule is O=C(O)C1CC1C(=O)NCC1(c2cccc(Cl)c2)CCOCC1. The number of aliphatic carboxylic acids is 1. The van der Waals surface area contributed by atoms with Gasteiger partial charge in [0.25, 0.3) is 0 Å². The molecule has 2 atom stereocenters. The maximum Gasteiger partial charge on any atom is 0.307 e. The van der Waals surface area contributed by atoms with Gasteiger partial charge < -0.3 is 15.2 Å². The molecule has 124 valence electrons. The average Bonchev–Trinajstić information content (AvgIpc) is 3.34. The number of carbonyl (C=O) groups excluding carboxylic acids is 1. The van der Waals surface area contributed by atoms with E-state index < -0.39 is 11.9 Å². The summed E-state index contributed by atoms with van der Waals surface area (Å²) >= 11 is 6.12. The molecule has 2 unspecified atom stereocenters. The number of amides is 1. The fourth-order valence-electron chi connectivity index (χ4n) is 3.29. The lowest BCUT2D eigenvalue weighted by molar-refractivity contribution is -0.140. The fourth-order valence-corrected chi connectivity index (χ4v) is 3.48. The molecule has 1 amide bonds. The highest BCUT2D eigenvalue weighted by atomic mass is 35.5. The number of carboxylic acid groups (broad SMARTS) is 1. The van der Waals surface area contributed by atoms with Crippen molar-refractivity contribution >= 4 is 23.5 Å². The van der Waals surface area contributed by atoms with E-state index in [1.165, 1.54) is 0 Å². The van der Waals surface area contributed by atoms with Crippen LogP contribution in [0.5, 0.6) is 0 Å². The first-order chi connectivity index (χ1) is 11.0. The van der Waals surface area contributed by atoms with Gasteiger partial charge in [0.05, 0.1) is 11.8 Å². The van der Waals surface area contributed by atoms with Gasteiger partial charge in [-0.25, -0.2) is 0 Å².